The number of carbonyl (C=O) groups is 1. The molecule has 0 spiro atoms. The van der Waals surface area contributed by atoms with Crippen molar-refractivity contribution in [3.8, 4) is 0 Å². The molecule has 1 aromatic heterocycles. The molecule has 15 heavy (non-hydrogen) atoms. The predicted octanol–water partition coefficient (Wildman–Crippen LogP) is 1.00. The van der Waals surface area contributed by atoms with Gasteiger partial charge in [0, 0.05) is 17.1 Å². The van der Waals surface area contributed by atoms with Gasteiger partial charge in [-0.3, -0.25) is 4.79 Å². The van der Waals surface area contributed by atoms with Crippen LogP contribution in [-0.2, 0) is 0 Å². The highest BCUT2D eigenvalue weighted by Crippen LogP contribution is 2.00. The molecule has 1 amide bonds. The molecule has 2 N–H and O–H groups in total. The molecule has 5 heteroatoms. The van der Waals surface area contributed by atoms with Gasteiger partial charge in [0.05, 0.1) is 0 Å². The average molecular weight is 219 g/mol. The molecule has 1 heterocycles. The Morgan fingerprint density at radius 3 is 2.67 bits per heavy atom. The molecular formula is C10H9N3OS. The third kappa shape index (κ3) is 2.13. The molecule has 2 rings (SSSR count). The molecule has 2 aromatic rings. The van der Waals surface area contributed by atoms with Crippen LogP contribution in [0.5, 0.6) is 0 Å². The maximum Gasteiger partial charge on any atom is 0.279 e. The van der Waals surface area contributed by atoms with Crippen LogP contribution in [0.2, 0.25) is 0 Å². The maximum absolute atomic E-state index is 11.6. The zero-order chi connectivity index (χ0) is 10.7. The zero-order valence-electron chi connectivity index (χ0n) is 7.83. The Hall–Kier alpha value is -1.88. The van der Waals surface area contributed by atoms with Crippen molar-refractivity contribution < 1.29 is 4.79 Å². The van der Waals surface area contributed by atoms with Gasteiger partial charge in [0.15, 0.2) is 0 Å². The van der Waals surface area contributed by atoms with E-state index < -0.39 is 0 Å². The number of nitrogens with zero attached hydrogens (tertiary/aromatic N) is 2. The first-order valence-corrected chi connectivity index (χ1v) is 5.20. The van der Waals surface area contributed by atoms with Crippen LogP contribution in [0.1, 0.15) is 10.4 Å². The lowest BCUT2D eigenvalue weighted by atomic mass is 10.2. The van der Waals surface area contributed by atoms with Gasteiger partial charge in [-0.1, -0.05) is 18.2 Å². The van der Waals surface area contributed by atoms with Crippen molar-refractivity contribution in [1.82, 2.24) is 4.68 Å². The monoisotopic (exact) mass is 219 g/mol. The molecule has 0 atom stereocenters. The first kappa shape index (κ1) is 9.67. The Morgan fingerprint density at radius 2 is 2.07 bits per heavy atom. The summed E-state index contributed by atoms with van der Waals surface area (Å²) in [7, 11) is 0. The van der Waals surface area contributed by atoms with Crippen LogP contribution in [0.3, 0.4) is 0 Å². The van der Waals surface area contributed by atoms with E-state index in [1.807, 2.05) is 6.07 Å². The molecule has 76 valence electrons. The van der Waals surface area contributed by atoms with Crippen LogP contribution in [0.25, 0.3) is 0 Å². The van der Waals surface area contributed by atoms with Crippen molar-refractivity contribution in [3.63, 3.8) is 0 Å². The Bertz CT molecular complexity index is 527. The normalized spacial score (nSPS) is 11.6. The average Bonchev–Trinajstić information content (AvgIpc) is 2.66. The van der Waals surface area contributed by atoms with E-state index in [1.54, 1.807) is 35.8 Å². The number of aromatic nitrogens is 1. The molecule has 1 aromatic carbocycles. The van der Waals surface area contributed by atoms with Gasteiger partial charge >= 0.3 is 0 Å². The molecule has 4 nitrogen and oxygen atoms in total. The first-order valence-electron chi connectivity index (χ1n) is 4.33. The number of hydrogen-bond donors (Lipinski definition) is 1. The summed E-state index contributed by atoms with van der Waals surface area (Å²) in [6.45, 7) is 0. The third-order valence-electron chi connectivity index (χ3n) is 1.83. The lowest BCUT2D eigenvalue weighted by molar-refractivity contribution is 0.0998. The lowest BCUT2D eigenvalue weighted by Crippen LogP contribution is -2.22. The van der Waals surface area contributed by atoms with Gasteiger partial charge in [-0.2, -0.15) is 4.99 Å². The van der Waals surface area contributed by atoms with Crippen LogP contribution in [-0.4, -0.2) is 10.6 Å². The Kier molecular flexibility index (Phi) is 2.64. The lowest BCUT2D eigenvalue weighted by Gasteiger charge is -1.93. The summed E-state index contributed by atoms with van der Waals surface area (Å²) in [5.74, 6) is 5.27. The van der Waals surface area contributed by atoms with E-state index in [1.165, 1.54) is 16.0 Å². The number of nitrogens with two attached hydrogens (primary N) is 1. The van der Waals surface area contributed by atoms with Gasteiger partial charge in [-0.05, 0) is 12.1 Å². The van der Waals surface area contributed by atoms with E-state index in [-0.39, 0.29) is 5.91 Å². The molecule has 0 bridgehead atoms. The number of thiazole rings is 1. The van der Waals surface area contributed by atoms with Crippen molar-refractivity contribution in [2.75, 3.05) is 5.84 Å². The summed E-state index contributed by atoms with van der Waals surface area (Å²) in [6, 6.07) is 8.90. The van der Waals surface area contributed by atoms with Crippen molar-refractivity contribution in [2.45, 2.75) is 0 Å². The highest BCUT2D eigenvalue weighted by Gasteiger charge is 2.02. The van der Waals surface area contributed by atoms with E-state index in [0.717, 1.165) is 0 Å². The van der Waals surface area contributed by atoms with Crippen LogP contribution < -0.4 is 10.6 Å². The molecule has 0 aliphatic heterocycles. The Morgan fingerprint density at radius 1 is 1.33 bits per heavy atom. The fourth-order valence-electron chi connectivity index (χ4n) is 1.10. The zero-order valence-corrected chi connectivity index (χ0v) is 8.65. The summed E-state index contributed by atoms with van der Waals surface area (Å²) in [5.41, 5.74) is 0.561. The molecule has 0 fully saturated rings. The first-order chi connectivity index (χ1) is 7.27. The minimum atomic E-state index is -0.280. The van der Waals surface area contributed by atoms with E-state index >= 15 is 0 Å². The number of benzene rings is 1. The van der Waals surface area contributed by atoms with Gasteiger partial charge in [-0.15, -0.1) is 11.3 Å². The van der Waals surface area contributed by atoms with Crippen LogP contribution in [0.15, 0.2) is 46.9 Å². The minimum Gasteiger partial charge on any atom is -0.337 e. The van der Waals surface area contributed by atoms with Gasteiger partial charge in [0.25, 0.3) is 5.91 Å². The number of rotatable bonds is 1. The van der Waals surface area contributed by atoms with Gasteiger partial charge < -0.3 is 5.84 Å². The predicted molar refractivity (Wildman–Crippen MR) is 58.8 cm³/mol. The molecule has 0 saturated carbocycles. The topological polar surface area (TPSA) is 60.4 Å². The second-order valence-corrected chi connectivity index (χ2v) is 3.75. The Balaban J connectivity index is 2.36. The number of hydrogen-bond acceptors (Lipinski definition) is 3. The largest absolute Gasteiger partial charge is 0.337 e. The highest BCUT2D eigenvalue weighted by molar-refractivity contribution is 7.07. The van der Waals surface area contributed by atoms with E-state index in [2.05, 4.69) is 4.99 Å². The number of amides is 1. The third-order valence-corrected chi connectivity index (χ3v) is 2.60. The molecular weight excluding hydrogens is 210 g/mol. The second kappa shape index (κ2) is 4.10. The summed E-state index contributed by atoms with van der Waals surface area (Å²) in [5, 5.41) is 1.77. The minimum absolute atomic E-state index is 0.280. The number of nitrogen functional groups attached to an aromatic ring is 1. The molecule has 0 radical (unpaired) electrons. The summed E-state index contributed by atoms with van der Waals surface area (Å²) >= 11 is 1.32. The smallest absolute Gasteiger partial charge is 0.279 e. The van der Waals surface area contributed by atoms with Crippen LogP contribution in [0.4, 0.5) is 0 Å². The van der Waals surface area contributed by atoms with E-state index in [9.17, 15) is 4.79 Å². The second-order valence-electron chi connectivity index (χ2n) is 2.88. The van der Waals surface area contributed by atoms with Gasteiger partial charge in [0.1, 0.15) is 0 Å². The van der Waals surface area contributed by atoms with Crippen LogP contribution in [0, 0.1) is 0 Å². The van der Waals surface area contributed by atoms with Crippen molar-refractivity contribution in [1.29, 1.82) is 0 Å². The maximum atomic E-state index is 11.6. The summed E-state index contributed by atoms with van der Waals surface area (Å²) in [4.78, 5) is 16.0. The van der Waals surface area contributed by atoms with Gasteiger partial charge in [0.2, 0.25) is 4.80 Å². The van der Waals surface area contributed by atoms with Crippen LogP contribution >= 0.6 is 11.3 Å². The number of carbonyl (C=O) groups excluding carboxylic acids is 1. The quantitative estimate of drug-likeness (QED) is 0.727. The molecule has 0 aliphatic rings. The van der Waals surface area contributed by atoms with Crippen molar-refractivity contribution >= 4 is 17.2 Å². The standard InChI is InChI=1S/C10H9N3OS/c11-13-6-7-15-10(13)12-9(14)8-4-2-1-3-5-8/h1-7H,11H2. The van der Waals surface area contributed by atoms with Crippen molar-refractivity contribution in [3.05, 3.63) is 52.3 Å². The van der Waals surface area contributed by atoms with E-state index in [0.29, 0.717) is 10.4 Å². The van der Waals surface area contributed by atoms with E-state index in [4.69, 9.17) is 5.84 Å². The fourth-order valence-corrected chi connectivity index (χ4v) is 1.73. The van der Waals surface area contributed by atoms with Gasteiger partial charge in [-0.25, -0.2) is 4.68 Å². The SMILES string of the molecule is Nn1ccsc1=NC(=O)c1ccccc1. The molecule has 0 saturated heterocycles. The fraction of sp³-hybridized carbons (Fsp3) is 0. The summed E-state index contributed by atoms with van der Waals surface area (Å²) in [6.07, 6.45) is 1.65. The summed E-state index contributed by atoms with van der Waals surface area (Å²) < 4.78 is 1.32. The molecule has 0 unspecified atom stereocenters. The van der Waals surface area contributed by atoms with Crippen molar-refractivity contribution in [2.24, 2.45) is 4.99 Å². The Labute approximate surface area is 90.3 Å². The highest BCUT2D eigenvalue weighted by atomic mass is 32.1. The molecule has 0 aliphatic carbocycles.